The van der Waals surface area contributed by atoms with Gasteiger partial charge in [0.2, 0.25) is 5.91 Å². The molecule has 0 radical (unpaired) electrons. The van der Waals surface area contributed by atoms with Gasteiger partial charge in [-0.15, -0.1) is 0 Å². The molecule has 5 nitrogen and oxygen atoms in total. The third-order valence-corrected chi connectivity index (χ3v) is 3.91. The van der Waals surface area contributed by atoms with Crippen LogP contribution in [0.5, 0.6) is 0 Å². The van der Waals surface area contributed by atoms with Crippen LogP contribution in [0.15, 0.2) is 24.4 Å². The number of carbonyl (C=O) groups excluding carboxylic acids is 1. The minimum Gasteiger partial charge on any atom is -0.354 e. The van der Waals surface area contributed by atoms with E-state index in [9.17, 15) is 13.6 Å². The van der Waals surface area contributed by atoms with Gasteiger partial charge in [0.05, 0.1) is 13.1 Å². The number of hydrogen-bond acceptors (Lipinski definition) is 4. The van der Waals surface area contributed by atoms with Gasteiger partial charge in [-0.05, 0) is 18.6 Å². The van der Waals surface area contributed by atoms with Crippen molar-refractivity contribution < 1.29 is 13.6 Å². The number of carbonyl (C=O) groups is 1. The number of aromatic nitrogens is 1. The molecule has 0 atom stereocenters. The van der Waals surface area contributed by atoms with Crippen molar-refractivity contribution in [3.63, 3.8) is 0 Å². The summed E-state index contributed by atoms with van der Waals surface area (Å²) in [6.07, 6.45) is -0.0316. The van der Waals surface area contributed by atoms with Crippen LogP contribution in [-0.2, 0) is 4.79 Å². The highest BCUT2D eigenvalue weighted by Gasteiger charge is 2.23. The Balaban J connectivity index is 1.82. The zero-order valence-corrected chi connectivity index (χ0v) is 13.5. The molecule has 1 aromatic heterocycles. The highest BCUT2D eigenvalue weighted by atomic mass is 19.3. The monoisotopic (exact) mass is 326 g/mol. The van der Waals surface area contributed by atoms with E-state index in [0.717, 1.165) is 32.0 Å². The first-order chi connectivity index (χ1) is 11.1. The number of piperazine rings is 1. The number of halogens is 2. The van der Waals surface area contributed by atoms with Crippen LogP contribution in [-0.4, -0.2) is 72.9 Å². The first-order valence-corrected chi connectivity index (χ1v) is 8.04. The topological polar surface area (TPSA) is 39.7 Å². The largest absolute Gasteiger partial charge is 0.354 e. The predicted molar refractivity (Wildman–Crippen MR) is 85.8 cm³/mol. The average Bonchev–Trinajstić information content (AvgIpc) is 2.55. The lowest BCUT2D eigenvalue weighted by molar-refractivity contribution is -0.134. The lowest BCUT2D eigenvalue weighted by atomic mass is 10.3. The third kappa shape index (κ3) is 5.42. The van der Waals surface area contributed by atoms with Crippen LogP contribution in [0.25, 0.3) is 0 Å². The summed E-state index contributed by atoms with van der Waals surface area (Å²) in [5.74, 6) is 0.724. The van der Waals surface area contributed by atoms with Gasteiger partial charge in [0.25, 0.3) is 6.43 Å². The highest BCUT2D eigenvalue weighted by molar-refractivity contribution is 5.78. The zero-order chi connectivity index (χ0) is 16.7. The van der Waals surface area contributed by atoms with Gasteiger partial charge in [-0.3, -0.25) is 9.69 Å². The van der Waals surface area contributed by atoms with Crippen molar-refractivity contribution in [2.75, 3.05) is 50.7 Å². The SMILES string of the molecule is CCCN(CC(F)F)C(=O)CN1CCN(c2ccccn2)CC1. The minimum absolute atomic E-state index is 0.210. The Bertz CT molecular complexity index is 478. The summed E-state index contributed by atoms with van der Waals surface area (Å²) in [5.41, 5.74) is 0. The molecule has 2 heterocycles. The van der Waals surface area contributed by atoms with Gasteiger partial charge in [0, 0.05) is 38.9 Å². The lowest BCUT2D eigenvalue weighted by Gasteiger charge is -2.36. The van der Waals surface area contributed by atoms with Crippen LogP contribution in [0.4, 0.5) is 14.6 Å². The van der Waals surface area contributed by atoms with Gasteiger partial charge >= 0.3 is 0 Å². The van der Waals surface area contributed by atoms with Gasteiger partial charge in [-0.25, -0.2) is 13.8 Å². The van der Waals surface area contributed by atoms with Crippen molar-refractivity contribution in [2.45, 2.75) is 19.8 Å². The molecule has 7 heteroatoms. The minimum atomic E-state index is -2.48. The summed E-state index contributed by atoms with van der Waals surface area (Å²) in [6, 6.07) is 5.79. The predicted octanol–water partition coefficient (Wildman–Crippen LogP) is 1.71. The summed E-state index contributed by atoms with van der Waals surface area (Å²) in [7, 11) is 0. The third-order valence-electron chi connectivity index (χ3n) is 3.91. The standard InChI is InChI=1S/C16H24F2N4O/c1-2-7-22(12-14(17)18)16(23)13-20-8-10-21(11-9-20)15-5-3-4-6-19-15/h3-6,14H,2,7-13H2,1H3. The first kappa shape index (κ1) is 17.6. The molecule has 1 aromatic rings. The smallest absolute Gasteiger partial charge is 0.255 e. The van der Waals surface area contributed by atoms with E-state index < -0.39 is 13.0 Å². The highest BCUT2D eigenvalue weighted by Crippen LogP contribution is 2.12. The Morgan fingerprint density at radius 3 is 2.61 bits per heavy atom. The average molecular weight is 326 g/mol. The Morgan fingerprint density at radius 1 is 1.30 bits per heavy atom. The van der Waals surface area contributed by atoms with E-state index in [1.54, 1.807) is 6.20 Å². The molecule has 0 saturated carbocycles. The molecule has 0 aromatic carbocycles. The molecule has 0 aliphatic carbocycles. The fourth-order valence-electron chi connectivity index (χ4n) is 2.72. The van der Waals surface area contributed by atoms with Crippen LogP contribution in [0.2, 0.25) is 0 Å². The Kier molecular flexibility index (Phi) is 6.70. The van der Waals surface area contributed by atoms with Crippen LogP contribution in [0.1, 0.15) is 13.3 Å². The maximum atomic E-state index is 12.6. The van der Waals surface area contributed by atoms with Crippen molar-refractivity contribution in [1.82, 2.24) is 14.8 Å². The van der Waals surface area contributed by atoms with Crippen molar-refractivity contribution in [3.8, 4) is 0 Å². The number of rotatable bonds is 7. The fourth-order valence-corrected chi connectivity index (χ4v) is 2.72. The second kappa shape index (κ2) is 8.76. The molecule has 1 saturated heterocycles. The van der Waals surface area contributed by atoms with E-state index in [1.807, 2.05) is 30.0 Å². The van der Waals surface area contributed by atoms with Crippen molar-refractivity contribution >= 4 is 11.7 Å². The first-order valence-electron chi connectivity index (χ1n) is 8.04. The molecule has 0 unspecified atom stereocenters. The zero-order valence-electron chi connectivity index (χ0n) is 13.5. The molecule has 0 bridgehead atoms. The molecule has 1 amide bonds. The van der Waals surface area contributed by atoms with Gasteiger partial charge in [0.1, 0.15) is 5.82 Å². The summed E-state index contributed by atoms with van der Waals surface area (Å²) >= 11 is 0. The number of alkyl halides is 2. The van der Waals surface area contributed by atoms with Crippen LogP contribution < -0.4 is 4.90 Å². The molecule has 23 heavy (non-hydrogen) atoms. The number of nitrogens with zero attached hydrogens (tertiary/aromatic N) is 4. The molecule has 0 spiro atoms. The molecule has 1 fully saturated rings. The molecule has 0 N–H and O–H groups in total. The summed E-state index contributed by atoms with van der Waals surface area (Å²) in [6.45, 7) is 5.05. The van der Waals surface area contributed by atoms with E-state index in [2.05, 4.69) is 9.88 Å². The van der Waals surface area contributed by atoms with E-state index >= 15 is 0 Å². The van der Waals surface area contributed by atoms with Crippen molar-refractivity contribution in [1.29, 1.82) is 0 Å². The van der Waals surface area contributed by atoms with E-state index in [4.69, 9.17) is 0 Å². The number of amides is 1. The molecule has 2 rings (SSSR count). The second-order valence-corrected chi connectivity index (χ2v) is 5.68. The van der Waals surface area contributed by atoms with E-state index in [0.29, 0.717) is 13.0 Å². The summed E-state index contributed by atoms with van der Waals surface area (Å²) in [4.78, 5) is 22.0. The quantitative estimate of drug-likeness (QED) is 0.765. The number of anilines is 1. The van der Waals surface area contributed by atoms with Crippen LogP contribution >= 0.6 is 0 Å². The Labute approximate surface area is 135 Å². The van der Waals surface area contributed by atoms with E-state index in [-0.39, 0.29) is 12.5 Å². The number of hydrogen-bond donors (Lipinski definition) is 0. The summed E-state index contributed by atoms with van der Waals surface area (Å²) in [5, 5.41) is 0. The van der Waals surface area contributed by atoms with Crippen molar-refractivity contribution in [2.24, 2.45) is 0 Å². The lowest BCUT2D eigenvalue weighted by Crippen LogP contribution is -2.50. The van der Waals surface area contributed by atoms with Crippen LogP contribution in [0.3, 0.4) is 0 Å². The van der Waals surface area contributed by atoms with Gasteiger partial charge in [0.15, 0.2) is 0 Å². The second-order valence-electron chi connectivity index (χ2n) is 5.68. The molecule has 1 aliphatic rings. The normalized spacial score (nSPS) is 15.9. The Morgan fingerprint density at radius 2 is 2.04 bits per heavy atom. The Hall–Kier alpha value is -1.76. The summed E-state index contributed by atoms with van der Waals surface area (Å²) < 4.78 is 25.1. The maximum Gasteiger partial charge on any atom is 0.255 e. The van der Waals surface area contributed by atoms with E-state index in [1.165, 1.54) is 4.90 Å². The van der Waals surface area contributed by atoms with Crippen LogP contribution in [0, 0.1) is 0 Å². The molecular formula is C16H24F2N4O. The molecule has 128 valence electrons. The van der Waals surface area contributed by atoms with Gasteiger partial charge in [-0.1, -0.05) is 13.0 Å². The maximum absolute atomic E-state index is 12.6. The molecular weight excluding hydrogens is 302 g/mol. The molecule has 1 aliphatic heterocycles. The fraction of sp³-hybridized carbons (Fsp3) is 0.625. The van der Waals surface area contributed by atoms with Crippen molar-refractivity contribution in [3.05, 3.63) is 24.4 Å². The number of pyridine rings is 1. The van der Waals surface area contributed by atoms with Gasteiger partial charge in [-0.2, -0.15) is 0 Å². The van der Waals surface area contributed by atoms with Gasteiger partial charge < -0.3 is 9.80 Å².